The lowest BCUT2D eigenvalue weighted by molar-refractivity contribution is 0.717. The van der Waals surface area contributed by atoms with Crippen LogP contribution in [0.2, 0.25) is 0 Å². The lowest BCUT2D eigenvalue weighted by Gasteiger charge is -2.11. The molecule has 6 heteroatoms. The van der Waals surface area contributed by atoms with Crippen LogP contribution in [0.1, 0.15) is 18.1 Å². The average molecular weight is 232 g/mol. The molecule has 17 heavy (non-hydrogen) atoms. The SMILES string of the molecule is CCNc1nnc(-c2cnnn2C)c(C)c1C. The van der Waals surface area contributed by atoms with Gasteiger partial charge in [-0.3, -0.25) is 0 Å². The third kappa shape index (κ3) is 1.98. The van der Waals surface area contributed by atoms with Crippen molar-refractivity contribution in [2.75, 3.05) is 11.9 Å². The van der Waals surface area contributed by atoms with Gasteiger partial charge in [-0.05, 0) is 31.9 Å². The smallest absolute Gasteiger partial charge is 0.151 e. The third-order valence-electron chi connectivity index (χ3n) is 2.82. The Morgan fingerprint density at radius 1 is 1.24 bits per heavy atom. The van der Waals surface area contributed by atoms with Crippen LogP contribution in [0.4, 0.5) is 5.82 Å². The Labute approximate surface area is 100 Å². The summed E-state index contributed by atoms with van der Waals surface area (Å²) in [4.78, 5) is 0. The fourth-order valence-corrected chi connectivity index (χ4v) is 1.69. The number of rotatable bonds is 3. The van der Waals surface area contributed by atoms with Crippen molar-refractivity contribution in [3.63, 3.8) is 0 Å². The summed E-state index contributed by atoms with van der Waals surface area (Å²) in [7, 11) is 1.84. The van der Waals surface area contributed by atoms with Crippen LogP contribution in [-0.4, -0.2) is 31.7 Å². The molecule has 2 aromatic rings. The summed E-state index contributed by atoms with van der Waals surface area (Å²) in [5, 5.41) is 19.4. The number of hydrogen-bond donors (Lipinski definition) is 1. The van der Waals surface area contributed by atoms with Crippen LogP contribution >= 0.6 is 0 Å². The third-order valence-corrected chi connectivity index (χ3v) is 2.82. The summed E-state index contributed by atoms with van der Waals surface area (Å²) in [6, 6.07) is 0. The van der Waals surface area contributed by atoms with E-state index in [4.69, 9.17) is 0 Å². The Bertz CT molecular complexity index is 531. The van der Waals surface area contributed by atoms with E-state index in [1.54, 1.807) is 10.9 Å². The highest BCUT2D eigenvalue weighted by molar-refractivity contribution is 5.62. The quantitative estimate of drug-likeness (QED) is 0.864. The van der Waals surface area contributed by atoms with E-state index in [0.29, 0.717) is 0 Å². The normalized spacial score (nSPS) is 10.6. The van der Waals surface area contributed by atoms with Gasteiger partial charge in [0.15, 0.2) is 5.82 Å². The molecule has 0 bridgehead atoms. The summed E-state index contributed by atoms with van der Waals surface area (Å²) in [5.74, 6) is 0.837. The molecule has 90 valence electrons. The first-order valence-corrected chi connectivity index (χ1v) is 5.58. The second-order valence-electron chi connectivity index (χ2n) is 3.92. The van der Waals surface area contributed by atoms with Crippen LogP contribution in [0, 0.1) is 13.8 Å². The highest BCUT2D eigenvalue weighted by atomic mass is 15.4. The zero-order valence-electron chi connectivity index (χ0n) is 10.5. The molecule has 0 fully saturated rings. The first kappa shape index (κ1) is 11.5. The van der Waals surface area contributed by atoms with Crippen LogP contribution in [0.25, 0.3) is 11.4 Å². The molecule has 0 aliphatic rings. The summed E-state index contributed by atoms with van der Waals surface area (Å²) < 4.78 is 1.70. The van der Waals surface area contributed by atoms with Crippen LogP contribution in [0.5, 0.6) is 0 Å². The number of aryl methyl sites for hydroxylation is 1. The molecule has 6 nitrogen and oxygen atoms in total. The molecule has 0 radical (unpaired) electrons. The second-order valence-corrected chi connectivity index (χ2v) is 3.92. The van der Waals surface area contributed by atoms with E-state index in [1.165, 1.54) is 0 Å². The Morgan fingerprint density at radius 3 is 2.59 bits per heavy atom. The Morgan fingerprint density at radius 2 is 2.00 bits per heavy atom. The Kier molecular flexibility index (Phi) is 3.03. The van der Waals surface area contributed by atoms with Crippen molar-refractivity contribution in [2.24, 2.45) is 7.05 Å². The van der Waals surface area contributed by atoms with Gasteiger partial charge in [0.25, 0.3) is 0 Å². The maximum atomic E-state index is 4.25. The van der Waals surface area contributed by atoms with Crippen molar-refractivity contribution in [3.8, 4) is 11.4 Å². The van der Waals surface area contributed by atoms with Crippen molar-refractivity contribution in [3.05, 3.63) is 17.3 Å². The molecule has 0 amide bonds. The number of nitrogens with one attached hydrogen (secondary N) is 1. The largest absolute Gasteiger partial charge is 0.369 e. The van der Waals surface area contributed by atoms with Gasteiger partial charge >= 0.3 is 0 Å². The van der Waals surface area contributed by atoms with Gasteiger partial charge in [0.2, 0.25) is 0 Å². The van der Waals surface area contributed by atoms with Gasteiger partial charge in [-0.2, -0.15) is 0 Å². The molecule has 1 N–H and O–H groups in total. The minimum Gasteiger partial charge on any atom is -0.369 e. The summed E-state index contributed by atoms with van der Waals surface area (Å²) >= 11 is 0. The van der Waals surface area contributed by atoms with Crippen molar-refractivity contribution < 1.29 is 0 Å². The average Bonchev–Trinajstić information content (AvgIpc) is 2.72. The molecule has 2 rings (SSSR count). The molecular formula is C11H16N6. The number of hydrogen-bond acceptors (Lipinski definition) is 5. The molecule has 0 aliphatic carbocycles. The molecule has 0 saturated heterocycles. The molecule has 2 heterocycles. The lowest BCUT2D eigenvalue weighted by atomic mass is 10.1. The monoisotopic (exact) mass is 232 g/mol. The van der Waals surface area contributed by atoms with Crippen LogP contribution in [0.15, 0.2) is 6.20 Å². The zero-order valence-corrected chi connectivity index (χ0v) is 10.5. The van der Waals surface area contributed by atoms with Gasteiger partial charge in [-0.15, -0.1) is 15.3 Å². The molecule has 2 aromatic heterocycles. The van der Waals surface area contributed by atoms with Gasteiger partial charge in [0.05, 0.1) is 6.20 Å². The maximum absolute atomic E-state index is 4.25. The van der Waals surface area contributed by atoms with E-state index in [0.717, 1.165) is 34.9 Å². The summed E-state index contributed by atoms with van der Waals surface area (Å²) in [5.41, 5.74) is 3.91. The van der Waals surface area contributed by atoms with Gasteiger partial charge in [-0.25, -0.2) is 4.68 Å². The first-order chi connectivity index (χ1) is 8.15. The molecule has 0 aliphatic heterocycles. The predicted molar refractivity (Wildman–Crippen MR) is 65.7 cm³/mol. The van der Waals surface area contributed by atoms with Crippen LogP contribution in [0.3, 0.4) is 0 Å². The standard InChI is InChI=1S/C11H16N6/c1-5-12-11-8(3)7(2)10(14-15-11)9-6-13-16-17(9)4/h6H,5H2,1-4H3,(H,12,15). The van der Waals surface area contributed by atoms with Crippen molar-refractivity contribution >= 4 is 5.82 Å². The second kappa shape index (κ2) is 4.48. The highest BCUT2D eigenvalue weighted by Crippen LogP contribution is 2.24. The van der Waals surface area contributed by atoms with Crippen molar-refractivity contribution in [1.82, 2.24) is 25.2 Å². The lowest BCUT2D eigenvalue weighted by Crippen LogP contribution is -2.07. The topological polar surface area (TPSA) is 68.5 Å². The minimum absolute atomic E-state index is 0.830. The van der Waals surface area contributed by atoms with Crippen LogP contribution < -0.4 is 5.32 Å². The van der Waals surface area contributed by atoms with E-state index in [9.17, 15) is 0 Å². The van der Waals surface area contributed by atoms with E-state index in [-0.39, 0.29) is 0 Å². The van der Waals surface area contributed by atoms with E-state index in [2.05, 4.69) is 25.8 Å². The van der Waals surface area contributed by atoms with Gasteiger partial charge in [0, 0.05) is 13.6 Å². The Balaban J connectivity index is 2.51. The number of nitrogens with zero attached hydrogens (tertiary/aromatic N) is 5. The molecule has 0 atom stereocenters. The predicted octanol–water partition coefficient (Wildman–Crippen LogP) is 1.32. The number of aromatic nitrogens is 5. The highest BCUT2D eigenvalue weighted by Gasteiger charge is 2.13. The van der Waals surface area contributed by atoms with Crippen LogP contribution in [-0.2, 0) is 7.05 Å². The molecular weight excluding hydrogens is 216 g/mol. The first-order valence-electron chi connectivity index (χ1n) is 5.58. The molecule has 0 saturated carbocycles. The van der Waals surface area contributed by atoms with Gasteiger partial charge in [0.1, 0.15) is 11.4 Å². The summed E-state index contributed by atoms with van der Waals surface area (Å²) in [6.07, 6.45) is 1.70. The fraction of sp³-hybridized carbons (Fsp3) is 0.455. The number of anilines is 1. The molecule has 0 aromatic carbocycles. The zero-order chi connectivity index (χ0) is 12.4. The Hall–Kier alpha value is -1.98. The van der Waals surface area contributed by atoms with E-state index < -0.39 is 0 Å². The van der Waals surface area contributed by atoms with E-state index in [1.807, 2.05) is 27.8 Å². The van der Waals surface area contributed by atoms with E-state index >= 15 is 0 Å². The van der Waals surface area contributed by atoms with Crippen molar-refractivity contribution in [2.45, 2.75) is 20.8 Å². The molecule has 0 unspecified atom stereocenters. The van der Waals surface area contributed by atoms with Gasteiger partial charge in [-0.1, -0.05) is 5.21 Å². The van der Waals surface area contributed by atoms with Gasteiger partial charge < -0.3 is 5.32 Å². The molecule has 0 spiro atoms. The maximum Gasteiger partial charge on any atom is 0.151 e. The summed E-state index contributed by atoms with van der Waals surface area (Å²) in [6.45, 7) is 6.94. The minimum atomic E-state index is 0.830. The van der Waals surface area contributed by atoms with Crippen molar-refractivity contribution in [1.29, 1.82) is 0 Å². The fourth-order valence-electron chi connectivity index (χ4n) is 1.69.